The molecule has 4 rings (SSSR count). The van der Waals surface area contributed by atoms with Gasteiger partial charge in [0.25, 0.3) is 5.91 Å². The third kappa shape index (κ3) is 3.84. The van der Waals surface area contributed by atoms with Crippen LogP contribution < -0.4 is 9.47 Å². The number of ether oxygens (including phenoxy) is 3. The van der Waals surface area contributed by atoms with Gasteiger partial charge in [0.1, 0.15) is 6.10 Å². The quantitative estimate of drug-likeness (QED) is 0.711. The predicted octanol–water partition coefficient (Wildman–Crippen LogP) is 3.99. The monoisotopic (exact) mass is 395 g/mol. The topological polar surface area (TPSA) is 48.0 Å². The zero-order valence-electron chi connectivity index (χ0n) is 17.4. The smallest absolute Gasteiger partial charge is 0.252 e. The fraction of sp³-hybridized carbons (Fsp3) is 0.458. The van der Waals surface area contributed by atoms with E-state index in [1.54, 1.807) is 14.2 Å². The standard InChI is InChI=1S/C24H29NO4/c1-4-29-23(17-10-11-17)24(26)25-13-12-18-14-20(27-2)21(28-3)15-19(18)22(25)16-8-6-5-7-9-16/h5-9,14-15,17,22-23H,4,10-13H2,1-3H3. The molecule has 1 aliphatic heterocycles. The summed E-state index contributed by atoms with van der Waals surface area (Å²) < 4.78 is 17.0. The first kappa shape index (κ1) is 19.8. The molecule has 1 fully saturated rings. The second-order valence-electron chi connectivity index (χ2n) is 7.71. The molecule has 5 nitrogen and oxygen atoms in total. The molecule has 0 radical (unpaired) electrons. The highest BCUT2D eigenvalue weighted by atomic mass is 16.5. The average molecular weight is 395 g/mol. The second kappa shape index (κ2) is 8.46. The van der Waals surface area contributed by atoms with Crippen molar-refractivity contribution in [3.05, 3.63) is 59.2 Å². The van der Waals surface area contributed by atoms with E-state index in [1.807, 2.05) is 42.2 Å². The van der Waals surface area contributed by atoms with E-state index >= 15 is 0 Å². The van der Waals surface area contributed by atoms with E-state index in [9.17, 15) is 4.79 Å². The lowest BCUT2D eigenvalue weighted by molar-refractivity contribution is -0.147. The number of carbonyl (C=O) groups excluding carboxylic acids is 1. The number of hydrogen-bond acceptors (Lipinski definition) is 4. The Morgan fingerprint density at radius 3 is 2.41 bits per heavy atom. The van der Waals surface area contributed by atoms with Crippen molar-refractivity contribution >= 4 is 5.91 Å². The van der Waals surface area contributed by atoms with Crippen LogP contribution in [0.2, 0.25) is 0 Å². The minimum absolute atomic E-state index is 0.101. The molecule has 2 aromatic carbocycles. The molecule has 1 amide bonds. The van der Waals surface area contributed by atoms with E-state index in [-0.39, 0.29) is 18.1 Å². The lowest BCUT2D eigenvalue weighted by atomic mass is 9.87. The summed E-state index contributed by atoms with van der Waals surface area (Å²) in [6.07, 6.45) is 2.59. The van der Waals surface area contributed by atoms with Crippen molar-refractivity contribution in [1.29, 1.82) is 0 Å². The first-order valence-electron chi connectivity index (χ1n) is 10.4. The van der Waals surface area contributed by atoms with Crippen molar-refractivity contribution < 1.29 is 19.0 Å². The van der Waals surface area contributed by atoms with Gasteiger partial charge < -0.3 is 19.1 Å². The van der Waals surface area contributed by atoms with Crippen LogP contribution in [0.4, 0.5) is 0 Å². The van der Waals surface area contributed by atoms with Gasteiger partial charge in [-0.3, -0.25) is 4.79 Å². The van der Waals surface area contributed by atoms with Crippen molar-refractivity contribution in [1.82, 2.24) is 4.90 Å². The molecule has 2 aromatic rings. The van der Waals surface area contributed by atoms with E-state index in [1.165, 1.54) is 5.56 Å². The second-order valence-corrected chi connectivity index (χ2v) is 7.71. The molecule has 2 atom stereocenters. The SMILES string of the molecule is CCOC(C(=O)N1CCc2cc(OC)c(OC)cc2C1c1ccccc1)C1CC1. The molecule has 0 N–H and O–H groups in total. The third-order valence-electron chi connectivity index (χ3n) is 5.91. The van der Waals surface area contributed by atoms with Crippen molar-refractivity contribution in [3.63, 3.8) is 0 Å². The van der Waals surface area contributed by atoms with Gasteiger partial charge in [-0.1, -0.05) is 30.3 Å². The molecule has 5 heteroatoms. The van der Waals surface area contributed by atoms with Gasteiger partial charge in [-0.05, 0) is 60.9 Å². The number of nitrogens with zero attached hydrogens (tertiary/aromatic N) is 1. The molecule has 1 saturated carbocycles. The molecule has 0 aromatic heterocycles. The average Bonchev–Trinajstić information content (AvgIpc) is 3.61. The summed E-state index contributed by atoms with van der Waals surface area (Å²) in [5.41, 5.74) is 3.39. The van der Waals surface area contributed by atoms with Crippen LogP contribution in [0.1, 0.15) is 42.5 Å². The van der Waals surface area contributed by atoms with Gasteiger partial charge in [0, 0.05) is 13.2 Å². The van der Waals surface area contributed by atoms with E-state index < -0.39 is 0 Å². The van der Waals surface area contributed by atoms with Crippen molar-refractivity contribution in [3.8, 4) is 11.5 Å². The Morgan fingerprint density at radius 2 is 1.79 bits per heavy atom. The summed E-state index contributed by atoms with van der Waals surface area (Å²) in [5.74, 6) is 1.86. The number of amides is 1. The molecular weight excluding hydrogens is 366 g/mol. The van der Waals surface area contributed by atoms with E-state index in [2.05, 4.69) is 12.1 Å². The van der Waals surface area contributed by atoms with Crippen molar-refractivity contribution in [2.45, 2.75) is 38.3 Å². The number of methoxy groups -OCH3 is 2. The summed E-state index contributed by atoms with van der Waals surface area (Å²) in [6.45, 7) is 3.18. The van der Waals surface area contributed by atoms with Crippen molar-refractivity contribution in [2.24, 2.45) is 5.92 Å². The molecule has 154 valence electrons. The highest BCUT2D eigenvalue weighted by Gasteiger charge is 2.42. The molecule has 0 saturated heterocycles. The summed E-state index contributed by atoms with van der Waals surface area (Å²) in [7, 11) is 3.30. The Kier molecular flexibility index (Phi) is 5.76. The summed E-state index contributed by atoms with van der Waals surface area (Å²) in [6, 6.07) is 14.1. The van der Waals surface area contributed by atoms with Crippen LogP contribution in [-0.2, 0) is 16.0 Å². The summed E-state index contributed by atoms with van der Waals surface area (Å²) >= 11 is 0. The first-order valence-corrected chi connectivity index (χ1v) is 10.4. The van der Waals surface area contributed by atoms with Crippen LogP contribution in [-0.4, -0.2) is 44.3 Å². The Hall–Kier alpha value is -2.53. The zero-order valence-corrected chi connectivity index (χ0v) is 17.4. The fourth-order valence-corrected chi connectivity index (χ4v) is 4.33. The molecule has 2 unspecified atom stereocenters. The number of rotatable bonds is 7. The van der Waals surface area contributed by atoms with Crippen LogP contribution in [0.5, 0.6) is 11.5 Å². The van der Waals surface area contributed by atoms with E-state index in [4.69, 9.17) is 14.2 Å². The van der Waals surface area contributed by atoms with Crippen molar-refractivity contribution in [2.75, 3.05) is 27.4 Å². The minimum atomic E-state index is -0.340. The Morgan fingerprint density at radius 1 is 1.10 bits per heavy atom. The highest BCUT2D eigenvalue weighted by Crippen LogP contribution is 2.43. The largest absolute Gasteiger partial charge is 0.493 e. The van der Waals surface area contributed by atoms with Crippen LogP contribution in [0.15, 0.2) is 42.5 Å². The van der Waals surface area contributed by atoms with Gasteiger partial charge in [-0.15, -0.1) is 0 Å². The lowest BCUT2D eigenvalue weighted by Crippen LogP contribution is -2.47. The molecule has 0 spiro atoms. The minimum Gasteiger partial charge on any atom is -0.493 e. The van der Waals surface area contributed by atoms with Gasteiger partial charge in [0.15, 0.2) is 11.5 Å². The molecular formula is C24H29NO4. The molecule has 1 aliphatic carbocycles. The number of hydrogen-bond donors (Lipinski definition) is 0. The number of carbonyl (C=O) groups is 1. The fourth-order valence-electron chi connectivity index (χ4n) is 4.33. The Balaban J connectivity index is 1.78. The van der Waals surface area contributed by atoms with Gasteiger partial charge in [-0.2, -0.15) is 0 Å². The zero-order chi connectivity index (χ0) is 20.4. The highest BCUT2D eigenvalue weighted by molar-refractivity contribution is 5.83. The molecule has 29 heavy (non-hydrogen) atoms. The molecule has 1 heterocycles. The lowest BCUT2D eigenvalue weighted by Gasteiger charge is -2.39. The van der Waals surface area contributed by atoms with Crippen LogP contribution in [0, 0.1) is 5.92 Å². The van der Waals surface area contributed by atoms with E-state index in [0.717, 1.165) is 36.1 Å². The van der Waals surface area contributed by atoms with Gasteiger partial charge in [0.05, 0.1) is 20.3 Å². The molecule has 0 bridgehead atoms. The maximum Gasteiger partial charge on any atom is 0.252 e. The number of fused-ring (bicyclic) bond motifs is 1. The summed E-state index contributed by atoms with van der Waals surface area (Å²) in [5, 5.41) is 0. The Bertz CT molecular complexity index is 863. The molecule has 2 aliphatic rings. The maximum atomic E-state index is 13.6. The Labute approximate surface area is 172 Å². The third-order valence-corrected chi connectivity index (χ3v) is 5.91. The van der Waals surface area contributed by atoms with Gasteiger partial charge in [0.2, 0.25) is 0 Å². The van der Waals surface area contributed by atoms with Gasteiger partial charge >= 0.3 is 0 Å². The summed E-state index contributed by atoms with van der Waals surface area (Å²) in [4.78, 5) is 15.6. The number of benzene rings is 2. The first-order chi connectivity index (χ1) is 14.2. The van der Waals surface area contributed by atoms with Gasteiger partial charge in [-0.25, -0.2) is 0 Å². The normalized spacial score (nSPS) is 19.4. The van der Waals surface area contributed by atoms with Crippen LogP contribution >= 0.6 is 0 Å². The van der Waals surface area contributed by atoms with E-state index in [0.29, 0.717) is 24.8 Å². The maximum absolute atomic E-state index is 13.6. The van der Waals surface area contributed by atoms with Crippen LogP contribution in [0.25, 0.3) is 0 Å². The van der Waals surface area contributed by atoms with Crippen LogP contribution in [0.3, 0.4) is 0 Å². The predicted molar refractivity (Wildman–Crippen MR) is 111 cm³/mol.